The van der Waals surface area contributed by atoms with Crippen LogP contribution in [0.4, 0.5) is 5.13 Å². The first kappa shape index (κ1) is 15.1. The number of benzene rings is 1. The minimum atomic E-state index is 0.00528. The summed E-state index contributed by atoms with van der Waals surface area (Å²) in [5, 5.41) is 15.8. The SMILES string of the molecule is Cc1ccc(Cc2nnc(NC(=O)C(C)C3CNC3)s2)cc1. The maximum absolute atomic E-state index is 12.2. The maximum Gasteiger partial charge on any atom is 0.229 e. The minimum Gasteiger partial charge on any atom is -0.316 e. The van der Waals surface area contributed by atoms with Crippen molar-refractivity contribution in [1.29, 1.82) is 0 Å². The molecular formula is C16H20N4OS. The zero-order chi connectivity index (χ0) is 15.5. The van der Waals surface area contributed by atoms with Gasteiger partial charge in [-0.15, -0.1) is 10.2 Å². The number of rotatable bonds is 5. The van der Waals surface area contributed by atoms with Crippen molar-refractivity contribution in [2.45, 2.75) is 20.3 Å². The third kappa shape index (κ3) is 3.51. The summed E-state index contributed by atoms with van der Waals surface area (Å²) >= 11 is 1.45. The standard InChI is InChI=1S/C16H20N4OS/c1-10-3-5-12(6-4-10)7-14-19-20-16(22-14)18-15(21)11(2)13-8-17-9-13/h3-6,11,13,17H,7-9H2,1-2H3,(H,18,20,21). The summed E-state index contributed by atoms with van der Waals surface area (Å²) in [6, 6.07) is 8.38. The molecule has 1 aromatic heterocycles. The van der Waals surface area contributed by atoms with E-state index < -0.39 is 0 Å². The molecule has 1 aromatic carbocycles. The topological polar surface area (TPSA) is 66.9 Å². The Hall–Kier alpha value is -1.79. The molecule has 22 heavy (non-hydrogen) atoms. The molecule has 1 saturated heterocycles. The van der Waals surface area contributed by atoms with Gasteiger partial charge in [0.2, 0.25) is 11.0 Å². The Kier molecular flexibility index (Phi) is 4.49. The van der Waals surface area contributed by atoms with Crippen molar-refractivity contribution in [2.24, 2.45) is 11.8 Å². The van der Waals surface area contributed by atoms with E-state index in [4.69, 9.17) is 0 Å². The first-order valence-electron chi connectivity index (χ1n) is 7.51. The van der Waals surface area contributed by atoms with Gasteiger partial charge in [0.25, 0.3) is 0 Å². The zero-order valence-electron chi connectivity index (χ0n) is 12.8. The monoisotopic (exact) mass is 316 g/mol. The van der Waals surface area contributed by atoms with Crippen LogP contribution in [0, 0.1) is 18.8 Å². The van der Waals surface area contributed by atoms with E-state index >= 15 is 0 Å². The molecule has 1 aliphatic rings. The maximum atomic E-state index is 12.2. The molecule has 1 unspecified atom stereocenters. The Morgan fingerprint density at radius 3 is 2.73 bits per heavy atom. The molecule has 1 aliphatic heterocycles. The van der Waals surface area contributed by atoms with Gasteiger partial charge in [0.15, 0.2) is 0 Å². The van der Waals surface area contributed by atoms with Gasteiger partial charge in [-0.3, -0.25) is 4.79 Å². The third-order valence-electron chi connectivity index (χ3n) is 4.11. The lowest BCUT2D eigenvalue weighted by Gasteiger charge is -2.31. The van der Waals surface area contributed by atoms with Crippen LogP contribution in [0.2, 0.25) is 0 Å². The molecule has 116 valence electrons. The highest BCUT2D eigenvalue weighted by Crippen LogP contribution is 2.22. The van der Waals surface area contributed by atoms with Gasteiger partial charge in [-0.2, -0.15) is 0 Å². The molecule has 0 spiro atoms. The van der Waals surface area contributed by atoms with E-state index in [9.17, 15) is 4.79 Å². The van der Waals surface area contributed by atoms with Gasteiger partial charge in [0, 0.05) is 12.3 Å². The van der Waals surface area contributed by atoms with Crippen LogP contribution in [-0.4, -0.2) is 29.2 Å². The van der Waals surface area contributed by atoms with Crippen LogP contribution in [-0.2, 0) is 11.2 Å². The number of anilines is 1. The summed E-state index contributed by atoms with van der Waals surface area (Å²) in [6.45, 7) is 5.88. The highest BCUT2D eigenvalue weighted by atomic mass is 32.1. The molecule has 5 nitrogen and oxygen atoms in total. The lowest BCUT2D eigenvalue weighted by Crippen LogP contribution is -2.48. The number of aromatic nitrogens is 2. The fourth-order valence-electron chi connectivity index (χ4n) is 2.35. The van der Waals surface area contributed by atoms with Gasteiger partial charge >= 0.3 is 0 Å². The quantitative estimate of drug-likeness (QED) is 0.888. The lowest BCUT2D eigenvalue weighted by molar-refractivity contribution is -0.121. The number of carbonyl (C=O) groups excluding carboxylic acids is 1. The predicted molar refractivity (Wildman–Crippen MR) is 88.0 cm³/mol. The van der Waals surface area contributed by atoms with E-state index in [1.165, 1.54) is 22.5 Å². The predicted octanol–water partition coefficient (Wildman–Crippen LogP) is 2.23. The number of hydrogen-bond acceptors (Lipinski definition) is 5. The highest BCUT2D eigenvalue weighted by molar-refractivity contribution is 7.15. The second-order valence-corrected chi connectivity index (χ2v) is 6.92. The van der Waals surface area contributed by atoms with E-state index in [2.05, 4.69) is 52.0 Å². The number of amides is 1. The van der Waals surface area contributed by atoms with Crippen molar-refractivity contribution in [2.75, 3.05) is 18.4 Å². The molecule has 0 saturated carbocycles. The molecule has 2 aromatic rings. The number of aryl methyl sites for hydroxylation is 1. The second-order valence-electron chi connectivity index (χ2n) is 5.86. The van der Waals surface area contributed by atoms with Crippen molar-refractivity contribution in [3.63, 3.8) is 0 Å². The summed E-state index contributed by atoms with van der Waals surface area (Å²) < 4.78 is 0. The Labute approximate surface area is 134 Å². The second kappa shape index (κ2) is 6.54. The third-order valence-corrected chi connectivity index (χ3v) is 4.95. The Balaban J connectivity index is 1.58. The summed E-state index contributed by atoms with van der Waals surface area (Å²) in [5.41, 5.74) is 2.45. The molecule has 6 heteroatoms. The molecule has 1 fully saturated rings. The molecule has 0 radical (unpaired) electrons. The van der Waals surface area contributed by atoms with Crippen molar-refractivity contribution in [3.05, 3.63) is 40.4 Å². The summed E-state index contributed by atoms with van der Waals surface area (Å²) in [4.78, 5) is 12.2. The van der Waals surface area contributed by atoms with E-state index in [0.717, 1.165) is 24.5 Å². The van der Waals surface area contributed by atoms with Crippen LogP contribution < -0.4 is 10.6 Å². The van der Waals surface area contributed by atoms with Crippen LogP contribution >= 0.6 is 11.3 Å². The summed E-state index contributed by atoms with van der Waals surface area (Å²) in [5.74, 6) is 0.468. The van der Waals surface area contributed by atoms with Crippen molar-refractivity contribution in [1.82, 2.24) is 15.5 Å². The van der Waals surface area contributed by atoms with E-state index in [1.54, 1.807) is 0 Å². The molecule has 3 rings (SSSR count). The van der Waals surface area contributed by atoms with E-state index in [1.807, 2.05) is 6.92 Å². The molecule has 2 N–H and O–H groups in total. The zero-order valence-corrected chi connectivity index (χ0v) is 13.6. The van der Waals surface area contributed by atoms with Gasteiger partial charge in [-0.25, -0.2) is 0 Å². The van der Waals surface area contributed by atoms with Gasteiger partial charge in [-0.05, 0) is 31.5 Å². The van der Waals surface area contributed by atoms with Crippen molar-refractivity contribution in [3.8, 4) is 0 Å². The molecule has 0 bridgehead atoms. The molecule has 1 atom stereocenters. The fraction of sp³-hybridized carbons (Fsp3) is 0.438. The van der Waals surface area contributed by atoms with Gasteiger partial charge < -0.3 is 10.6 Å². The Morgan fingerprint density at radius 2 is 2.09 bits per heavy atom. The molecule has 1 amide bonds. The first-order chi connectivity index (χ1) is 10.6. The number of nitrogens with one attached hydrogen (secondary N) is 2. The van der Waals surface area contributed by atoms with Crippen LogP contribution in [0.15, 0.2) is 24.3 Å². The van der Waals surface area contributed by atoms with Gasteiger partial charge in [0.05, 0.1) is 0 Å². The largest absolute Gasteiger partial charge is 0.316 e. The normalized spacial score (nSPS) is 16.1. The highest BCUT2D eigenvalue weighted by Gasteiger charge is 2.29. The average molecular weight is 316 g/mol. The molecular weight excluding hydrogens is 296 g/mol. The van der Waals surface area contributed by atoms with Crippen LogP contribution in [0.1, 0.15) is 23.1 Å². The number of hydrogen-bond donors (Lipinski definition) is 2. The van der Waals surface area contributed by atoms with Crippen molar-refractivity contribution >= 4 is 22.4 Å². The minimum absolute atomic E-state index is 0.00528. The van der Waals surface area contributed by atoms with Gasteiger partial charge in [0.1, 0.15) is 5.01 Å². The number of nitrogens with zero attached hydrogens (tertiary/aromatic N) is 2. The smallest absolute Gasteiger partial charge is 0.229 e. The van der Waals surface area contributed by atoms with Crippen molar-refractivity contribution < 1.29 is 4.79 Å². The van der Waals surface area contributed by atoms with E-state index in [0.29, 0.717) is 11.0 Å². The number of carbonyl (C=O) groups is 1. The average Bonchev–Trinajstić information content (AvgIpc) is 2.86. The molecule has 2 heterocycles. The van der Waals surface area contributed by atoms with Crippen LogP contribution in [0.5, 0.6) is 0 Å². The summed E-state index contributed by atoms with van der Waals surface area (Å²) in [6.07, 6.45) is 0.746. The van der Waals surface area contributed by atoms with Crippen LogP contribution in [0.25, 0.3) is 0 Å². The fourth-order valence-corrected chi connectivity index (χ4v) is 3.13. The Bertz CT molecular complexity index is 648. The summed E-state index contributed by atoms with van der Waals surface area (Å²) in [7, 11) is 0. The van der Waals surface area contributed by atoms with Crippen LogP contribution in [0.3, 0.4) is 0 Å². The lowest BCUT2D eigenvalue weighted by atomic mass is 9.88. The Morgan fingerprint density at radius 1 is 1.36 bits per heavy atom. The van der Waals surface area contributed by atoms with Gasteiger partial charge in [-0.1, -0.05) is 48.1 Å². The van der Waals surface area contributed by atoms with E-state index in [-0.39, 0.29) is 11.8 Å². The molecule has 0 aliphatic carbocycles. The first-order valence-corrected chi connectivity index (χ1v) is 8.33.